The van der Waals surface area contributed by atoms with Crippen molar-refractivity contribution in [1.82, 2.24) is 14.9 Å². The van der Waals surface area contributed by atoms with Crippen molar-refractivity contribution in [2.75, 3.05) is 6.61 Å². The molecule has 4 rings (SSSR count). The summed E-state index contributed by atoms with van der Waals surface area (Å²) in [6.45, 7) is 2.28. The smallest absolute Gasteiger partial charge is 0.308 e. The molecular formula is C24H27N3O4S. The van der Waals surface area contributed by atoms with Gasteiger partial charge in [0.25, 0.3) is 5.56 Å². The summed E-state index contributed by atoms with van der Waals surface area (Å²) in [5.74, 6) is -0.600. The van der Waals surface area contributed by atoms with Crippen molar-refractivity contribution in [3.63, 3.8) is 0 Å². The minimum atomic E-state index is -0.482. The third-order valence-corrected chi connectivity index (χ3v) is 6.93. The highest BCUT2D eigenvalue weighted by Gasteiger charge is 2.21. The topological polar surface area (TPSA) is 90.3 Å². The van der Waals surface area contributed by atoms with Gasteiger partial charge in [-0.2, -0.15) is 0 Å². The number of ether oxygens (including phenoxy) is 1. The molecule has 0 saturated heterocycles. The summed E-state index contributed by atoms with van der Waals surface area (Å²) in [6, 6.07) is 8.86. The number of thiophene rings is 1. The van der Waals surface area contributed by atoms with Crippen molar-refractivity contribution >= 4 is 33.4 Å². The molecule has 0 fully saturated rings. The molecule has 3 aromatic rings. The Kier molecular flexibility index (Phi) is 6.99. The fourth-order valence-corrected chi connectivity index (χ4v) is 5.37. The van der Waals surface area contributed by atoms with Crippen LogP contribution in [-0.4, -0.2) is 28.0 Å². The van der Waals surface area contributed by atoms with Crippen LogP contribution in [0, 0.1) is 0 Å². The van der Waals surface area contributed by atoms with E-state index in [0.717, 1.165) is 47.0 Å². The second-order valence-electron chi connectivity index (χ2n) is 7.92. The Balaban J connectivity index is 1.46. The van der Waals surface area contributed by atoms with Crippen LogP contribution in [0.4, 0.5) is 0 Å². The molecule has 1 atom stereocenters. The minimum Gasteiger partial charge on any atom is -0.466 e. The van der Waals surface area contributed by atoms with Crippen molar-refractivity contribution < 1.29 is 14.3 Å². The van der Waals surface area contributed by atoms with Gasteiger partial charge in [0.2, 0.25) is 5.91 Å². The first-order chi connectivity index (χ1) is 15.6. The highest BCUT2D eigenvalue weighted by molar-refractivity contribution is 7.18. The Morgan fingerprint density at radius 1 is 1.22 bits per heavy atom. The molecule has 2 aromatic heterocycles. The van der Waals surface area contributed by atoms with Gasteiger partial charge >= 0.3 is 5.97 Å². The number of aromatic nitrogens is 2. The predicted octanol–water partition coefficient (Wildman–Crippen LogP) is 3.54. The van der Waals surface area contributed by atoms with Gasteiger partial charge in [-0.25, -0.2) is 4.98 Å². The molecular weight excluding hydrogens is 426 g/mol. The Labute approximate surface area is 190 Å². The van der Waals surface area contributed by atoms with Gasteiger partial charge in [0, 0.05) is 17.8 Å². The number of nitrogens with one attached hydrogen (secondary N) is 1. The number of carbonyl (C=O) groups excluding carboxylic acids is 2. The number of rotatable bonds is 8. The summed E-state index contributed by atoms with van der Waals surface area (Å²) >= 11 is 1.62. The van der Waals surface area contributed by atoms with Gasteiger partial charge in [0.05, 0.1) is 30.8 Å². The van der Waals surface area contributed by atoms with Crippen molar-refractivity contribution in [2.24, 2.45) is 0 Å². The van der Waals surface area contributed by atoms with Crippen LogP contribution in [0.15, 0.2) is 41.5 Å². The van der Waals surface area contributed by atoms with E-state index >= 15 is 0 Å². The average molecular weight is 454 g/mol. The van der Waals surface area contributed by atoms with E-state index in [-0.39, 0.29) is 36.8 Å². The molecule has 168 valence electrons. The third-order valence-electron chi connectivity index (χ3n) is 5.73. The molecule has 1 aliphatic rings. The third kappa shape index (κ3) is 4.91. The van der Waals surface area contributed by atoms with Crippen LogP contribution in [0.25, 0.3) is 10.2 Å². The Bertz CT molecular complexity index is 1170. The van der Waals surface area contributed by atoms with Gasteiger partial charge in [0.15, 0.2) is 0 Å². The van der Waals surface area contributed by atoms with Crippen LogP contribution in [0.5, 0.6) is 0 Å². The molecule has 1 amide bonds. The second-order valence-corrected chi connectivity index (χ2v) is 9.01. The Hall–Kier alpha value is -3.00. The molecule has 7 nitrogen and oxygen atoms in total. The van der Waals surface area contributed by atoms with E-state index in [4.69, 9.17) is 4.74 Å². The molecule has 1 unspecified atom stereocenters. The van der Waals surface area contributed by atoms with Crippen LogP contribution < -0.4 is 10.9 Å². The maximum Gasteiger partial charge on any atom is 0.308 e. The molecule has 1 N–H and O–H groups in total. The number of hydrogen-bond donors (Lipinski definition) is 1. The average Bonchev–Trinajstić information content (AvgIpc) is 3.18. The Morgan fingerprint density at radius 3 is 2.78 bits per heavy atom. The lowest BCUT2D eigenvalue weighted by Gasteiger charge is -2.18. The van der Waals surface area contributed by atoms with E-state index in [0.29, 0.717) is 6.61 Å². The van der Waals surface area contributed by atoms with Gasteiger partial charge in [0.1, 0.15) is 4.83 Å². The van der Waals surface area contributed by atoms with Crippen LogP contribution >= 0.6 is 11.3 Å². The van der Waals surface area contributed by atoms with E-state index in [1.165, 1.54) is 15.8 Å². The van der Waals surface area contributed by atoms with Crippen molar-refractivity contribution in [3.05, 3.63) is 63.0 Å². The van der Waals surface area contributed by atoms with Gasteiger partial charge in [-0.05, 0) is 43.7 Å². The molecule has 8 heteroatoms. The molecule has 0 spiro atoms. The van der Waals surface area contributed by atoms with E-state index in [1.807, 2.05) is 30.3 Å². The summed E-state index contributed by atoms with van der Waals surface area (Å²) in [5.41, 5.74) is 1.90. The maximum absolute atomic E-state index is 13.1. The maximum atomic E-state index is 13.1. The number of benzene rings is 1. The molecule has 0 radical (unpaired) electrons. The lowest BCUT2D eigenvalue weighted by Crippen LogP contribution is -2.32. The first-order valence-corrected chi connectivity index (χ1v) is 11.9. The largest absolute Gasteiger partial charge is 0.466 e. The van der Waals surface area contributed by atoms with E-state index < -0.39 is 6.04 Å². The standard InChI is InChI=1S/C24H27N3O4S/c1-2-31-21(29)14-18(16-8-4-3-5-9-16)26-20(28)12-13-27-15-25-23-22(24(27)30)17-10-6-7-11-19(17)32-23/h3-5,8-9,15,18H,2,6-7,10-14H2,1H3,(H,26,28). The van der Waals surface area contributed by atoms with Crippen molar-refractivity contribution in [1.29, 1.82) is 0 Å². The predicted molar refractivity (Wildman–Crippen MR) is 124 cm³/mol. The van der Waals surface area contributed by atoms with E-state index in [9.17, 15) is 14.4 Å². The van der Waals surface area contributed by atoms with E-state index in [1.54, 1.807) is 18.3 Å². The number of esters is 1. The number of nitrogens with zero attached hydrogens (tertiary/aromatic N) is 2. The zero-order valence-electron chi connectivity index (χ0n) is 18.1. The van der Waals surface area contributed by atoms with Gasteiger partial charge < -0.3 is 10.1 Å². The zero-order valence-corrected chi connectivity index (χ0v) is 19.0. The molecule has 1 aromatic carbocycles. The molecule has 1 aliphatic carbocycles. The fourth-order valence-electron chi connectivity index (χ4n) is 4.15. The second kappa shape index (κ2) is 10.1. The molecule has 0 saturated carbocycles. The number of aryl methyl sites for hydroxylation is 3. The van der Waals surface area contributed by atoms with Gasteiger partial charge in [-0.1, -0.05) is 30.3 Å². The molecule has 0 aliphatic heterocycles. The number of amides is 1. The highest BCUT2D eigenvalue weighted by atomic mass is 32.1. The normalized spacial score (nSPS) is 14.0. The van der Waals surface area contributed by atoms with Gasteiger partial charge in [-0.3, -0.25) is 19.0 Å². The highest BCUT2D eigenvalue weighted by Crippen LogP contribution is 2.33. The minimum absolute atomic E-state index is 0.0537. The quantitative estimate of drug-likeness (QED) is 0.527. The molecule has 2 heterocycles. The van der Waals surface area contributed by atoms with Crippen LogP contribution in [0.2, 0.25) is 0 Å². The summed E-state index contributed by atoms with van der Waals surface area (Å²) in [5, 5.41) is 3.64. The first kappa shape index (κ1) is 22.2. The van der Waals surface area contributed by atoms with Crippen molar-refractivity contribution in [3.8, 4) is 0 Å². The summed E-state index contributed by atoms with van der Waals surface area (Å²) in [6.07, 6.45) is 5.89. The number of hydrogen-bond acceptors (Lipinski definition) is 6. The summed E-state index contributed by atoms with van der Waals surface area (Å²) < 4.78 is 6.58. The molecule has 0 bridgehead atoms. The van der Waals surface area contributed by atoms with Crippen LogP contribution in [0.3, 0.4) is 0 Å². The zero-order chi connectivity index (χ0) is 22.5. The van der Waals surface area contributed by atoms with Gasteiger partial charge in [-0.15, -0.1) is 11.3 Å². The SMILES string of the molecule is CCOC(=O)CC(NC(=O)CCn1cnc2sc3c(c2c1=O)CCCC3)c1ccccc1. The summed E-state index contributed by atoms with van der Waals surface area (Å²) in [4.78, 5) is 44.3. The van der Waals surface area contributed by atoms with Crippen LogP contribution in [-0.2, 0) is 33.7 Å². The number of fused-ring (bicyclic) bond motifs is 3. The monoisotopic (exact) mass is 453 g/mol. The van der Waals surface area contributed by atoms with Crippen LogP contribution in [0.1, 0.15) is 54.7 Å². The van der Waals surface area contributed by atoms with E-state index in [2.05, 4.69) is 10.3 Å². The lowest BCUT2D eigenvalue weighted by atomic mass is 9.97. The molecule has 32 heavy (non-hydrogen) atoms. The summed E-state index contributed by atoms with van der Waals surface area (Å²) in [7, 11) is 0. The first-order valence-electron chi connectivity index (χ1n) is 11.1. The lowest BCUT2D eigenvalue weighted by molar-refractivity contribution is -0.143. The number of carbonyl (C=O) groups is 2. The van der Waals surface area contributed by atoms with Crippen molar-refractivity contribution in [2.45, 2.75) is 58.0 Å². The fraction of sp³-hybridized carbons (Fsp3) is 0.417. The Morgan fingerprint density at radius 2 is 2.00 bits per heavy atom.